The first kappa shape index (κ1) is 18.3. The average molecular weight is 375 g/mol. The first-order chi connectivity index (χ1) is 12.4. The molecule has 138 valence electrons. The van der Waals surface area contributed by atoms with Crippen LogP contribution < -0.4 is 10.1 Å². The summed E-state index contributed by atoms with van der Waals surface area (Å²) in [4.78, 5) is 15.9. The highest BCUT2D eigenvalue weighted by Crippen LogP contribution is 2.25. The Morgan fingerprint density at radius 1 is 1.27 bits per heavy atom. The van der Waals surface area contributed by atoms with E-state index in [0.717, 1.165) is 5.69 Å². The van der Waals surface area contributed by atoms with Crippen molar-refractivity contribution in [3.8, 4) is 5.75 Å². The SMILES string of the molecule is CNC(=O)c1ccc(S(=O)(=O)N2CC[C@H](Oc3cccnc3C)C2)cc1. The van der Waals surface area contributed by atoms with Gasteiger partial charge in [-0.2, -0.15) is 4.31 Å². The van der Waals surface area contributed by atoms with Crippen molar-refractivity contribution >= 4 is 15.9 Å². The fourth-order valence-corrected chi connectivity index (χ4v) is 4.34. The van der Waals surface area contributed by atoms with E-state index in [-0.39, 0.29) is 23.5 Å². The summed E-state index contributed by atoms with van der Waals surface area (Å²) in [7, 11) is -2.09. The van der Waals surface area contributed by atoms with Gasteiger partial charge in [0.15, 0.2) is 0 Å². The quantitative estimate of drug-likeness (QED) is 0.857. The predicted molar refractivity (Wildman–Crippen MR) is 96.6 cm³/mol. The zero-order valence-electron chi connectivity index (χ0n) is 14.7. The molecular weight excluding hydrogens is 354 g/mol. The van der Waals surface area contributed by atoms with Crippen molar-refractivity contribution in [2.75, 3.05) is 20.1 Å². The van der Waals surface area contributed by atoms with Gasteiger partial charge in [0.25, 0.3) is 5.91 Å². The number of aryl methyl sites for hydroxylation is 1. The molecular formula is C18H21N3O4S. The number of benzene rings is 1. The van der Waals surface area contributed by atoms with Crippen LogP contribution in [0.3, 0.4) is 0 Å². The molecule has 1 saturated heterocycles. The summed E-state index contributed by atoms with van der Waals surface area (Å²) in [5, 5.41) is 2.51. The fraction of sp³-hybridized carbons (Fsp3) is 0.333. The van der Waals surface area contributed by atoms with E-state index in [4.69, 9.17) is 4.74 Å². The molecule has 1 aliphatic rings. The minimum atomic E-state index is -3.62. The van der Waals surface area contributed by atoms with Gasteiger partial charge in [-0.15, -0.1) is 0 Å². The molecule has 1 aromatic heterocycles. The van der Waals surface area contributed by atoms with Crippen molar-refractivity contribution in [2.24, 2.45) is 0 Å². The zero-order valence-corrected chi connectivity index (χ0v) is 15.5. The molecule has 3 rings (SSSR count). The Labute approximate surface area is 153 Å². The maximum atomic E-state index is 12.8. The summed E-state index contributed by atoms with van der Waals surface area (Å²) in [5.41, 5.74) is 1.19. The van der Waals surface area contributed by atoms with Crippen LogP contribution in [0.15, 0.2) is 47.5 Å². The molecule has 1 atom stereocenters. The van der Waals surface area contributed by atoms with Gasteiger partial charge in [0, 0.05) is 25.4 Å². The summed E-state index contributed by atoms with van der Waals surface area (Å²) in [6.07, 6.45) is 2.10. The number of nitrogens with one attached hydrogen (secondary N) is 1. The summed E-state index contributed by atoms with van der Waals surface area (Å²) in [5.74, 6) is 0.419. The Bertz CT molecular complexity index is 897. The number of rotatable bonds is 5. The van der Waals surface area contributed by atoms with Crippen LogP contribution >= 0.6 is 0 Å². The van der Waals surface area contributed by atoms with Gasteiger partial charge in [-0.3, -0.25) is 9.78 Å². The van der Waals surface area contributed by atoms with Crippen molar-refractivity contribution in [3.63, 3.8) is 0 Å². The molecule has 0 unspecified atom stereocenters. The molecule has 0 bridgehead atoms. The van der Waals surface area contributed by atoms with Crippen molar-refractivity contribution in [1.29, 1.82) is 0 Å². The maximum absolute atomic E-state index is 12.8. The van der Waals surface area contributed by atoms with Gasteiger partial charge in [-0.1, -0.05) is 0 Å². The third-order valence-corrected chi connectivity index (χ3v) is 6.22. The molecule has 0 radical (unpaired) electrons. The lowest BCUT2D eigenvalue weighted by molar-refractivity contribution is 0.0963. The number of ether oxygens (including phenoxy) is 1. The van der Waals surface area contributed by atoms with Crippen LogP contribution in [-0.2, 0) is 10.0 Å². The number of hydrogen-bond acceptors (Lipinski definition) is 5. The number of carbonyl (C=O) groups excluding carboxylic acids is 1. The molecule has 2 aromatic rings. The first-order valence-corrected chi connectivity index (χ1v) is 9.76. The largest absolute Gasteiger partial charge is 0.487 e. The minimum absolute atomic E-state index is 0.170. The van der Waals surface area contributed by atoms with Crippen LogP contribution in [-0.4, -0.2) is 49.9 Å². The van der Waals surface area contributed by atoms with Gasteiger partial charge in [0.1, 0.15) is 11.9 Å². The van der Waals surface area contributed by atoms with E-state index in [1.807, 2.05) is 13.0 Å². The van der Waals surface area contributed by atoms with E-state index in [1.165, 1.54) is 35.6 Å². The van der Waals surface area contributed by atoms with Crippen LogP contribution in [0.25, 0.3) is 0 Å². The molecule has 2 heterocycles. The average Bonchev–Trinajstić information content (AvgIpc) is 3.12. The standard InChI is InChI=1S/C18H21N3O4S/c1-13-17(4-3-10-20-13)25-15-9-11-21(12-15)26(23,24)16-7-5-14(6-8-16)18(22)19-2/h3-8,10,15H,9,11-12H2,1-2H3,(H,19,22)/t15-/m0/s1. The van der Waals surface area contributed by atoms with E-state index in [1.54, 1.807) is 12.3 Å². The number of sulfonamides is 1. The van der Waals surface area contributed by atoms with Crippen LogP contribution in [0.2, 0.25) is 0 Å². The highest BCUT2D eigenvalue weighted by molar-refractivity contribution is 7.89. The molecule has 1 aliphatic heterocycles. The molecule has 7 nitrogen and oxygen atoms in total. The second kappa shape index (κ2) is 7.43. The van der Waals surface area contributed by atoms with Crippen LogP contribution in [0.4, 0.5) is 0 Å². The lowest BCUT2D eigenvalue weighted by Gasteiger charge is -2.18. The van der Waals surface area contributed by atoms with Gasteiger partial charge >= 0.3 is 0 Å². The monoisotopic (exact) mass is 375 g/mol. The van der Waals surface area contributed by atoms with Crippen molar-refractivity contribution < 1.29 is 17.9 Å². The van der Waals surface area contributed by atoms with Crippen molar-refractivity contribution in [2.45, 2.75) is 24.3 Å². The number of pyridine rings is 1. The van der Waals surface area contributed by atoms with Gasteiger partial charge in [0.2, 0.25) is 10.0 Å². The van der Waals surface area contributed by atoms with E-state index < -0.39 is 10.0 Å². The summed E-state index contributed by atoms with van der Waals surface area (Å²) in [6, 6.07) is 9.55. The van der Waals surface area contributed by atoms with Crippen LogP contribution in [0.1, 0.15) is 22.5 Å². The number of carbonyl (C=O) groups is 1. The van der Waals surface area contributed by atoms with Crippen molar-refractivity contribution in [1.82, 2.24) is 14.6 Å². The van der Waals surface area contributed by atoms with E-state index in [0.29, 0.717) is 24.3 Å². The minimum Gasteiger partial charge on any atom is -0.487 e. The summed E-state index contributed by atoms with van der Waals surface area (Å²) >= 11 is 0. The molecule has 1 aromatic carbocycles. The molecule has 1 N–H and O–H groups in total. The molecule has 0 spiro atoms. The Kier molecular flexibility index (Phi) is 5.24. The summed E-state index contributed by atoms with van der Waals surface area (Å²) in [6.45, 7) is 2.53. The Balaban J connectivity index is 1.71. The Morgan fingerprint density at radius 2 is 2.00 bits per heavy atom. The topological polar surface area (TPSA) is 88.6 Å². The highest BCUT2D eigenvalue weighted by atomic mass is 32.2. The number of aromatic nitrogens is 1. The lowest BCUT2D eigenvalue weighted by atomic mass is 10.2. The second-order valence-electron chi connectivity index (χ2n) is 6.08. The lowest BCUT2D eigenvalue weighted by Crippen LogP contribution is -2.31. The maximum Gasteiger partial charge on any atom is 0.251 e. The van der Waals surface area contributed by atoms with E-state index in [9.17, 15) is 13.2 Å². The van der Waals surface area contributed by atoms with Gasteiger partial charge in [0.05, 0.1) is 17.1 Å². The van der Waals surface area contributed by atoms with Gasteiger partial charge in [-0.05, 0) is 49.7 Å². The van der Waals surface area contributed by atoms with E-state index in [2.05, 4.69) is 10.3 Å². The van der Waals surface area contributed by atoms with Gasteiger partial charge in [-0.25, -0.2) is 8.42 Å². The van der Waals surface area contributed by atoms with Crippen molar-refractivity contribution in [3.05, 3.63) is 53.9 Å². The molecule has 8 heteroatoms. The van der Waals surface area contributed by atoms with Crippen LogP contribution in [0.5, 0.6) is 5.75 Å². The normalized spacial score (nSPS) is 17.8. The first-order valence-electron chi connectivity index (χ1n) is 8.32. The fourth-order valence-electron chi connectivity index (χ4n) is 2.86. The number of amides is 1. The molecule has 1 amide bonds. The molecule has 1 fully saturated rings. The highest BCUT2D eigenvalue weighted by Gasteiger charge is 2.33. The molecule has 26 heavy (non-hydrogen) atoms. The molecule has 0 aliphatic carbocycles. The Hall–Kier alpha value is -2.45. The third-order valence-electron chi connectivity index (χ3n) is 4.34. The van der Waals surface area contributed by atoms with Crippen LogP contribution in [0, 0.1) is 6.92 Å². The predicted octanol–water partition coefficient (Wildman–Crippen LogP) is 1.59. The smallest absolute Gasteiger partial charge is 0.251 e. The molecule has 0 saturated carbocycles. The second-order valence-corrected chi connectivity index (χ2v) is 8.02. The Morgan fingerprint density at radius 3 is 2.65 bits per heavy atom. The van der Waals surface area contributed by atoms with E-state index >= 15 is 0 Å². The third kappa shape index (κ3) is 3.71. The van der Waals surface area contributed by atoms with Gasteiger partial charge < -0.3 is 10.1 Å². The summed E-state index contributed by atoms with van der Waals surface area (Å²) < 4.78 is 32.9. The number of nitrogens with zero attached hydrogens (tertiary/aromatic N) is 2. The zero-order chi connectivity index (χ0) is 18.7. The number of hydrogen-bond donors (Lipinski definition) is 1.